The maximum absolute atomic E-state index is 13.9. The van der Waals surface area contributed by atoms with Gasteiger partial charge in [-0.2, -0.15) is 0 Å². The summed E-state index contributed by atoms with van der Waals surface area (Å²) in [6.45, 7) is 3.72. The zero-order valence-electron chi connectivity index (χ0n) is 16.8. The molecule has 1 N–H and O–H groups in total. The normalized spacial score (nSPS) is 12.2. The summed E-state index contributed by atoms with van der Waals surface area (Å²) in [5.41, 5.74) is 1.72. The van der Waals surface area contributed by atoms with Gasteiger partial charge < -0.3 is 9.88 Å². The molecule has 0 saturated carbocycles. The number of thioether (sulfide) groups is 1. The Morgan fingerprint density at radius 2 is 1.79 bits per heavy atom. The molecule has 152 valence electrons. The molecule has 3 rings (SSSR count). The van der Waals surface area contributed by atoms with Gasteiger partial charge in [0.25, 0.3) is 0 Å². The van der Waals surface area contributed by atoms with Crippen LogP contribution in [0.3, 0.4) is 0 Å². The maximum atomic E-state index is 13.9. The van der Waals surface area contributed by atoms with E-state index >= 15 is 0 Å². The van der Waals surface area contributed by atoms with Gasteiger partial charge in [0.2, 0.25) is 5.91 Å². The quantitative estimate of drug-likeness (QED) is 0.561. The standard InChI is InChI=1S/C22H25FN4OS/c1-15(2)21(28)24-19(13-16-9-5-4-6-10-16)20-25-26-22(27(20)3)29-14-17-11-7-8-12-18(17)23/h4-12,15,19H,13-14H2,1-3H3,(H,24,28). The molecule has 0 aliphatic carbocycles. The van der Waals surface area contributed by atoms with Gasteiger partial charge in [0.1, 0.15) is 5.82 Å². The number of halogens is 1. The van der Waals surface area contributed by atoms with Crippen molar-refractivity contribution in [2.45, 2.75) is 37.2 Å². The molecule has 5 nitrogen and oxygen atoms in total. The Bertz CT molecular complexity index is 958. The van der Waals surface area contributed by atoms with Crippen molar-refractivity contribution >= 4 is 17.7 Å². The third kappa shape index (κ3) is 5.44. The lowest BCUT2D eigenvalue weighted by Crippen LogP contribution is -2.34. The molecule has 1 aromatic heterocycles. The molecular formula is C22H25FN4OS. The van der Waals surface area contributed by atoms with Gasteiger partial charge in [-0.3, -0.25) is 4.79 Å². The van der Waals surface area contributed by atoms with Crippen LogP contribution in [0.25, 0.3) is 0 Å². The van der Waals surface area contributed by atoms with Crippen molar-refractivity contribution in [3.63, 3.8) is 0 Å². The Morgan fingerprint density at radius 3 is 2.48 bits per heavy atom. The van der Waals surface area contributed by atoms with Gasteiger partial charge in [0.15, 0.2) is 11.0 Å². The molecule has 2 aromatic carbocycles. The summed E-state index contributed by atoms with van der Waals surface area (Å²) in [6.07, 6.45) is 0.614. The third-order valence-electron chi connectivity index (χ3n) is 4.62. The van der Waals surface area contributed by atoms with Crippen molar-refractivity contribution in [2.75, 3.05) is 0 Å². The smallest absolute Gasteiger partial charge is 0.223 e. The zero-order chi connectivity index (χ0) is 20.8. The van der Waals surface area contributed by atoms with Gasteiger partial charge >= 0.3 is 0 Å². The summed E-state index contributed by atoms with van der Waals surface area (Å²) in [5, 5.41) is 12.4. The van der Waals surface area contributed by atoms with Gasteiger partial charge in [-0.05, 0) is 23.6 Å². The van der Waals surface area contributed by atoms with E-state index in [4.69, 9.17) is 0 Å². The summed E-state index contributed by atoms with van der Waals surface area (Å²) < 4.78 is 15.8. The van der Waals surface area contributed by atoms with E-state index in [0.717, 1.165) is 5.56 Å². The first-order valence-corrected chi connectivity index (χ1v) is 10.5. The zero-order valence-corrected chi connectivity index (χ0v) is 17.6. The summed E-state index contributed by atoms with van der Waals surface area (Å²) in [4.78, 5) is 12.4. The van der Waals surface area contributed by atoms with Gasteiger partial charge in [-0.1, -0.05) is 74.1 Å². The van der Waals surface area contributed by atoms with E-state index < -0.39 is 0 Å². The Morgan fingerprint density at radius 1 is 1.10 bits per heavy atom. The number of rotatable bonds is 8. The predicted molar refractivity (Wildman–Crippen MR) is 113 cm³/mol. The Labute approximate surface area is 174 Å². The molecule has 1 atom stereocenters. The molecule has 0 spiro atoms. The molecule has 0 fully saturated rings. The molecule has 1 unspecified atom stereocenters. The van der Waals surface area contributed by atoms with Crippen LogP contribution in [0, 0.1) is 11.7 Å². The number of hydrogen-bond donors (Lipinski definition) is 1. The Balaban J connectivity index is 1.80. The molecule has 0 aliphatic heterocycles. The molecule has 0 radical (unpaired) electrons. The summed E-state index contributed by atoms with van der Waals surface area (Å²) in [6, 6.07) is 16.4. The van der Waals surface area contributed by atoms with E-state index in [9.17, 15) is 9.18 Å². The number of aromatic nitrogens is 3. The molecule has 1 heterocycles. The monoisotopic (exact) mass is 412 g/mol. The molecule has 29 heavy (non-hydrogen) atoms. The van der Waals surface area contributed by atoms with E-state index in [1.165, 1.54) is 17.8 Å². The molecular weight excluding hydrogens is 387 g/mol. The molecule has 0 bridgehead atoms. The van der Waals surface area contributed by atoms with Crippen LogP contribution in [0.4, 0.5) is 4.39 Å². The molecule has 0 aliphatic rings. The van der Waals surface area contributed by atoms with Gasteiger partial charge in [0.05, 0.1) is 6.04 Å². The number of nitrogens with zero attached hydrogens (tertiary/aromatic N) is 3. The molecule has 7 heteroatoms. The second kappa shape index (κ2) is 9.69. The Kier molecular flexibility index (Phi) is 7.04. The number of nitrogens with one attached hydrogen (secondary N) is 1. The SMILES string of the molecule is CC(C)C(=O)NC(Cc1ccccc1)c1nnc(SCc2ccccc2F)n1C. The number of hydrogen-bond acceptors (Lipinski definition) is 4. The second-order valence-corrected chi connectivity index (χ2v) is 8.13. The van der Waals surface area contributed by atoms with Crippen LogP contribution in [-0.4, -0.2) is 20.7 Å². The summed E-state index contributed by atoms with van der Waals surface area (Å²) in [5.74, 6) is 0.749. The largest absolute Gasteiger partial charge is 0.346 e. The van der Waals surface area contributed by atoms with Crippen LogP contribution in [0.2, 0.25) is 0 Å². The van der Waals surface area contributed by atoms with E-state index in [1.807, 2.05) is 61.9 Å². The van der Waals surface area contributed by atoms with E-state index in [1.54, 1.807) is 12.1 Å². The van der Waals surface area contributed by atoms with Crippen molar-refractivity contribution in [3.05, 3.63) is 77.4 Å². The van der Waals surface area contributed by atoms with Crippen LogP contribution >= 0.6 is 11.8 Å². The molecule has 1 amide bonds. The number of benzene rings is 2. The number of amides is 1. The number of carbonyl (C=O) groups excluding carboxylic acids is 1. The second-order valence-electron chi connectivity index (χ2n) is 7.19. The first kappa shape index (κ1) is 21.0. The summed E-state index contributed by atoms with van der Waals surface area (Å²) in [7, 11) is 1.87. The topological polar surface area (TPSA) is 59.8 Å². The first-order chi connectivity index (χ1) is 14.0. The predicted octanol–water partition coefficient (Wildman–Crippen LogP) is 4.30. The first-order valence-electron chi connectivity index (χ1n) is 9.55. The van der Waals surface area contributed by atoms with Crippen LogP contribution in [0.15, 0.2) is 59.8 Å². The van der Waals surface area contributed by atoms with Crippen LogP contribution < -0.4 is 5.32 Å². The molecule has 3 aromatic rings. The van der Waals surface area contributed by atoms with Crippen LogP contribution in [0.1, 0.15) is 36.8 Å². The fourth-order valence-corrected chi connectivity index (χ4v) is 3.81. The summed E-state index contributed by atoms with van der Waals surface area (Å²) >= 11 is 1.42. The molecule has 0 saturated heterocycles. The van der Waals surface area contributed by atoms with Crippen molar-refractivity contribution in [1.29, 1.82) is 0 Å². The van der Waals surface area contributed by atoms with Crippen molar-refractivity contribution in [2.24, 2.45) is 13.0 Å². The minimum absolute atomic E-state index is 0.0329. The fourth-order valence-electron chi connectivity index (χ4n) is 2.91. The minimum atomic E-state index is -0.299. The number of carbonyl (C=O) groups is 1. The maximum Gasteiger partial charge on any atom is 0.223 e. The van der Waals surface area contributed by atoms with E-state index in [0.29, 0.717) is 28.7 Å². The highest BCUT2D eigenvalue weighted by Crippen LogP contribution is 2.25. The van der Waals surface area contributed by atoms with Gasteiger partial charge in [-0.25, -0.2) is 4.39 Å². The Hall–Kier alpha value is -2.67. The van der Waals surface area contributed by atoms with Crippen molar-refractivity contribution in [3.8, 4) is 0 Å². The highest BCUT2D eigenvalue weighted by atomic mass is 32.2. The van der Waals surface area contributed by atoms with Crippen LogP contribution in [0.5, 0.6) is 0 Å². The highest BCUT2D eigenvalue weighted by molar-refractivity contribution is 7.98. The lowest BCUT2D eigenvalue weighted by molar-refractivity contribution is -0.124. The van der Waals surface area contributed by atoms with Gasteiger partial charge in [0, 0.05) is 18.7 Å². The lowest BCUT2D eigenvalue weighted by atomic mass is 10.0. The van der Waals surface area contributed by atoms with Crippen molar-refractivity contribution < 1.29 is 9.18 Å². The highest BCUT2D eigenvalue weighted by Gasteiger charge is 2.23. The van der Waals surface area contributed by atoms with Crippen LogP contribution in [-0.2, 0) is 24.0 Å². The average Bonchev–Trinajstić information content (AvgIpc) is 3.08. The van der Waals surface area contributed by atoms with Gasteiger partial charge in [-0.15, -0.1) is 10.2 Å². The van der Waals surface area contributed by atoms with E-state index in [2.05, 4.69) is 15.5 Å². The van der Waals surface area contributed by atoms with Crippen molar-refractivity contribution in [1.82, 2.24) is 20.1 Å². The fraction of sp³-hybridized carbons (Fsp3) is 0.318. The lowest BCUT2D eigenvalue weighted by Gasteiger charge is -2.19. The van der Waals surface area contributed by atoms with E-state index in [-0.39, 0.29) is 23.7 Å². The minimum Gasteiger partial charge on any atom is -0.346 e. The third-order valence-corrected chi connectivity index (χ3v) is 5.69. The average molecular weight is 413 g/mol.